The number of morpholine rings is 1. The average Bonchev–Trinajstić information content (AvgIpc) is 2.64. The van der Waals surface area contributed by atoms with Crippen LogP contribution >= 0.6 is 0 Å². The van der Waals surface area contributed by atoms with Crippen molar-refractivity contribution in [2.45, 2.75) is 6.10 Å². The molecule has 0 radical (unpaired) electrons. The molecule has 0 saturated carbocycles. The van der Waals surface area contributed by atoms with Crippen molar-refractivity contribution < 1.29 is 19.3 Å². The molecule has 3 N–H and O–H groups in total. The predicted molar refractivity (Wildman–Crippen MR) is 48.3 cm³/mol. The molecule has 1 aliphatic rings. The average molecular weight is 214 g/mol. The molecule has 2 heterocycles. The van der Waals surface area contributed by atoms with Crippen LogP contribution < -0.4 is 10.6 Å². The number of rotatable bonds is 2. The van der Waals surface area contributed by atoms with Crippen molar-refractivity contribution in [3.63, 3.8) is 0 Å². The number of carboxylic acid groups (broad SMARTS) is 1. The Labute approximate surface area is 84.6 Å². The topological polar surface area (TPSA) is 115 Å². The third kappa shape index (κ3) is 1.84. The van der Waals surface area contributed by atoms with E-state index in [0.717, 1.165) is 0 Å². The number of carboxylic acids is 1. The van der Waals surface area contributed by atoms with E-state index in [4.69, 9.17) is 15.6 Å². The van der Waals surface area contributed by atoms with E-state index < -0.39 is 12.1 Å². The van der Waals surface area contributed by atoms with Gasteiger partial charge in [0.15, 0.2) is 6.10 Å². The van der Waals surface area contributed by atoms with Gasteiger partial charge in [0.05, 0.1) is 13.2 Å². The maximum Gasteiger partial charge on any atom is 0.334 e. The molecule has 0 bridgehead atoms. The van der Waals surface area contributed by atoms with Gasteiger partial charge in [0.25, 0.3) is 0 Å². The van der Waals surface area contributed by atoms with Gasteiger partial charge in [-0.05, 0) is 10.3 Å². The molecule has 1 unspecified atom stereocenters. The van der Waals surface area contributed by atoms with E-state index in [2.05, 4.69) is 14.9 Å². The number of carbonyl (C=O) groups is 1. The first kappa shape index (κ1) is 9.71. The molecule has 0 spiro atoms. The second-order valence-electron chi connectivity index (χ2n) is 3.12. The minimum atomic E-state index is -1.00. The van der Waals surface area contributed by atoms with Crippen LogP contribution in [0.25, 0.3) is 0 Å². The van der Waals surface area contributed by atoms with Crippen molar-refractivity contribution in [3.8, 4) is 0 Å². The Morgan fingerprint density at radius 3 is 3.00 bits per heavy atom. The fraction of sp³-hybridized carbons (Fsp3) is 0.571. The van der Waals surface area contributed by atoms with E-state index in [-0.39, 0.29) is 12.4 Å². The fourth-order valence-electron chi connectivity index (χ4n) is 1.40. The summed E-state index contributed by atoms with van der Waals surface area (Å²) in [7, 11) is 0. The number of nitrogen functional groups attached to an aromatic ring is 1. The highest BCUT2D eigenvalue weighted by atomic mass is 16.6. The highest BCUT2D eigenvalue weighted by molar-refractivity contribution is 5.74. The molecule has 1 aromatic heterocycles. The molecule has 8 heteroatoms. The molecule has 1 saturated heterocycles. The Bertz CT molecular complexity index is 366. The molecular weight excluding hydrogens is 204 g/mol. The third-order valence-electron chi connectivity index (χ3n) is 2.14. The standard InChI is InChI=1S/C7H10N4O4/c8-5-6(10-15-9-5)11-1-2-14-4(3-11)7(12)13/h4H,1-3H2,(H2,8,9)(H,12,13). The van der Waals surface area contributed by atoms with Gasteiger partial charge in [-0.25, -0.2) is 9.42 Å². The lowest BCUT2D eigenvalue weighted by Crippen LogP contribution is -2.46. The largest absolute Gasteiger partial charge is 0.479 e. The van der Waals surface area contributed by atoms with E-state index in [0.29, 0.717) is 19.0 Å². The molecular formula is C7H10N4O4. The van der Waals surface area contributed by atoms with Crippen LogP contribution in [0.1, 0.15) is 0 Å². The monoisotopic (exact) mass is 214 g/mol. The number of nitrogens with zero attached hydrogens (tertiary/aromatic N) is 3. The van der Waals surface area contributed by atoms with Crippen molar-refractivity contribution in [2.75, 3.05) is 30.3 Å². The summed E-state index contributed by atoms with van der Waals surface area (Å²) in [6.45, 7) is 1.01. The highest BCUT2D eigenvalue weighted by Crippen LogP contribution is 2.20. The van der Waals surface area contributed by atoms with E-state index in [1.165, 1.54) is 0 Å². The van der Waals surface area contributed by atoms with Gasteiger partial charge in [-0.1, -0.05) is 0 Å². The van der Waals surface area contributed by atoms with Gasteiger partial charge in [0, 0.05) is 6.54 Å². The van der Waals surface area contributed by atoms with Crippen LogP contribution in [0.3, 0.4) is 0 Å². The summed E-state index contributed by atoms with van der Waals surface area (Å²) in [6.07, 6.45) is -0.866. The van der Waals surface area contributed by atoms with E-state index in [1.807, 2.05) is 0 Å². The van der Waals surface area contributed by atoms with Gasteiger partial charge in [0.1, 0.15) is 0 Å². The molecule has 0 aromatic carbocycles. The molecule has 1 aliphatic heterocycles. The van der Waals surface area contributed by atoms with E-state index in [1.54, 1.807) is 4.90 Å². The lowest BCUT2D eigenvalue weighted by atomic mass is 10.3. The van der Waals surface area contributed by atoms with Crippen LogP contribution in [-0.4, -0.2) is 47.2 Å². The second-order valence-corrected chi connectivity index (χ2v) is 3.12. The summed E-state index contributed by atoms with van der Waals surface area (Å²) in [5.41, 5.74) is 5.50. The van der Waals surface area contributed by atoms with Crippen molar-refractivity contribution in [2.24, 2.45) is 0 Å². The van der Waals surface area contributed by atoms with Crippen LogP contribution in [0.15, 0.2) is 4.63 Å². The Morgan fingerprint density at radius 2 is 2.40 bits per heavy atom. The number of ether oxygens (including phenoxy) is 1. The number of aromatic nitrogens is 2. The zero-order valence-corrected chi connectivity index (χ0v) is 7.79. The molecule has 0 aliphatic carbocycles. The van der Waals surface area contributed by atoms with Crippen LogP contribution in [0.5, 0.6) is 0 Å². The first-order valence-electron chi connectivity index (χ1n) is 4.36. The summed E-state index contributed by atoms with van der Waals surface area (Å²) in [6, 6.07) is 0. The minimum absolute atomic E-state index is 0.154. The van der Waals surface area contributed by atoms with Crippen LogP contribution in [-0.2, 0) is 9.53 Å². The van der Waals surface area contributed by atoms with Crippen molar-refractivity contribution in [1.82, 2.24) is 10.3 Å². The van der Waals surface area contributed by atoms with Gasteiger partial charge in [-0.15, -0.1) is 0 Å². The fourth-order valence-corrected chi connectivity index (χ4v) is 1.40. The zero-order valence-electron chi connectivity index (χ0n) is 7.79. The first-order valence-corrected chi connectivity index (χ1v) is 4.36. The lowest BCUT2D eigenvalue weighted by Gasteiger charge is -2.30. The Kier molecular flexibility index (Phi) is 2.42. The molecule has 1 atom stereocenters. The molecule has 2 rings (SSSR count). The third-order valence-corrected chi connectivity index (χ3v) is 2.14. The second kappa shape index (κ2) is 3.73. The van der Waals surface area contributed by atoms with E-state index in [9.17, 15) is 4.79 Å². The normalized spacial score (nSPS) is 21.6. The number of hydrogen-bond acceptors (Lipinski definition) is 7. The van der Waals surface area contributed by atoms with Crippen molar-refractivity contribution in [1.29, 1.82) is 0 Å². The van der Waals surface area contributed by atoms with Gasteiger partial charge < -0.3 is 20.5 Å². The van der Waals surface area contributed by atoms with Gasteiger partial charge in [-0.3, -0.25) is 0 Å². The highest BCUT2D eigenvalue weighted by Gasteiger charge is 2.29. The summed E-state index contributed by atoms with van der Waals surface area (Å²) in [4.78, 5) is 12.4. The number of hydrogen-bond donors (Lipinski definition) is 2. The Balaban J connectivity index is 2.11. The Morgan fingerprint density at radius 1 is 1.60 bits per heavy atom. The molecule has 1 aromatic rings. The molecule has 0 amide bonds. The predicted octanol–water partition coefficient (Wildman–Crippen LogP) is -1.06. The summed E-state index contributed by atoms with van der Waals surface area (Å²) in [5, 5.41) is 15.8. The SMILES string of the molecule is Nc1nonc1N1CCOC(C(=O)O)C1. The molecule has 82 valence electrons. The number of anilines is 2. The van der Waals surface area contributed by atoms with Crippen molar-refractivity contribution in [3.05, 3.63) is 0 Å². The van der Waals surface area contributed by atoms with Crippen LogP contribution in [0, 0.1) is 0 Å². The molecule has 15 heavy (non-hydrogen) atoms. The Hall–Kier alpha value is -1.83. The smallest absolute Gasteiger partial charge is 0.334 e. The van der Waals surface area contributed by atoms with E-state index >= 15 is 0 Å². The van der Waals surface area contributed by atoms with Gasteiger partial charge >= 0.3 is 5.97 Å². The first-order chi connectivity index (χ1) is 7.18. The summed E-state index contributed by atoms with van der Waals surface area (Å²) in [5.74, 6) is -0.486. The summed E-state index contributed by atoms with van der Waals surface area (Å²) < 4.78 is 9.49. The van der Waals surface area contributed by atoms with Gasteiger partial charge in [0.2, 0.25) is 11.6 Å². The number of nitrogens with two attached hydrogens (primary N) is 1. The lowest BCUT2D eigenvalue weighted by molar-refractivity contribution is -0.150. The zero-order chi connectivity index (χ0) is 10.8. The molecule has 8 nitrogen and oxygen atoms in total. The maximum atomic E-state index is 10.7. The molecule has 1 fully saturated rings. The minimum Gasteiger partial charge on any atom is -0.479 e. The van der Waals surface area contributed by atoms with Crippen molar-refractivity contribution >= 4 is 17.6 Å². The quantitative estimate of drug-likeness (QED) is 0.640. The summed E-state index contributed by atoms with van der Waals surface area (Å²) >= 11 is 0. The van der Waals surface area contributed by atoms with Crippen LogP contribution in [0.4, 0.5) is 11.6 Å². The number of aliphatic carboxylic acids is 1. The van der Waals surface area contributed by atoms with Gasteiger partial charge in [-0.2, -0.15) is 0 Å². The maximum absolute atomic E-state index is 10.7. The van der Waals surface area contributed by atoms with Crippen LogP contribution in [0.2, 0.25) is 0 Å².